The number of allylic oxidation sites excluding steroid dienone is 1. The number of anilines is 2. The lowest BCUT2D eigenvalue weighted by atomic mass is 9.97. The van der Waals surface area contributed by atoms with Crippen molar-refractivity contribution in [1.29, 1.82) is 0 Å². The summed E-state index contributed by atoms with van der Waals surface area (Å²) in [7, 11) is 0. The maximum atomic E-state index is 12.6. The van der Waals surface area contributed by atoms with E-state index in [2.05, 4.69) is 21.7 Å². The molecule has 0 fully saturated rings. The van der Waals surface area contributed by atoms with Gasteiger partial charge in [0.05, 0.1) is 12.3 Å². The van der Waals surface area contributed by atoms with Crippen LogP contribution in [0.1, 0.15) is 49.4 Å². The van der Waals surface area contributed by atoms with Crippen LogP contribution in [0.25, 0.3) is 0 Å². The average molecular weight is 365 g/mol. The minimum Gasteiger partial charge on any atom is -0.492 e. The highest BCUT2D eigenvalue weighted by Crippen LogP contribution is 2.24. The largest absolute Gasteiger partial charge is 0.492 e. The molecule has 1 heterocycles. The molecule has 5 nitrogen and oxygen atoms in total. The van der Waals surface area contributed by atoms with E-state index in [0.717, 1.165) is 18.8 Å². The summed E-state index contributed by atoms with van der Waals surface area (Å²) in [5, 5.41) is 6.24. The van der Waals surface area contributed by atoms with Gasteiger partial charge in [-0.15, -0.1) is 0 Å². The number of aromatic nitrogens is 1. The Hall–Kier alpha value is -2.82. The molecule has 0 saturated carbocycles. The molecule has 1 aliphatic carbocycles. The molecule has 1 aliphatic rings. The lowest BCUT2D eigenvalue weighted by molar-refractivity contribution is 0.102. The van der Waals surface area contributed by atoms with E-state index in [1.807, 2.05) is 31.2 Å². The molecular formula is C22H27N3O2. The quantitative estimate of drug-likeness (QED) is 0.644. The maximum absolute atomic E-state index is 12.6. The number of ether oxygens (including phenoxy) is 1. The molecule has 1 aromatic carbocycles. The van der Waals surface area contributed by atoms with Crippen molar-refractivity contribution in [2.24, 2.45) is 0 Å². The molecule has 1 amide bonds. The first-order valence-corrected chi connectivity index (χ1v) is 9.67. The van der Waals surface area contributed by atoms with Crippen LogP contribution in [0.4, 0.5) is 11.5 Å². The van der Waals surface area contributed by atoms with Crippen molar-refractivity contribution in [1.82, 2.24) is 4.98 Å². The Labute approximate surface area is 160 Å². The summed E-state index contributed by atoms with van der Waals surface area (Å²) in [4.78, 5) is 16.9. The van der Waals surface area contributed by atoms with Gasteiger partial charge in [-0.05, 0) is 63.3 Å². The van der Waals surface area contributed by atoms with E-state index < -0.39 is 0 Å². The summed E-state index contributed by atoms with van der Waals surface area (Å²) < 4.78 is 5.56. The number of pyridine rings is 1. The minimum absolute atomic E-state index is 0.178. The second kappa shape index (κ2) is 9.76. The minimum atomic E-state index is -0.178. The third kappa shape index (κ3) is 5.58. The van der Waals surface area contributed by atoms with E-state index in [4.69, 9.17) is 4.74 Å². The van der Waals surface area contributed by atoms with E-state index in [9.17, 15) is 4.79 Å². The van der Waals surface area contributed by atoms with Crippen molar-refractivity contribution in [3.05, 3.63) is 59.8 Å². The highest BCUT2D eigenvalue weighted by molar-refractivity contribution is 6.05. The van der Waals surface area contributed by atoms with Crippen molar-refractivity contribution in [2.45, 2.75) is 39.0 Å². The normalized spacial score (nSPS) is 13.6. The fourth-order valence-electron chi connectivity index (χ4n) is 3.20. The zero-order valence-corrected chi connectivity index (χ0v) is 15.8. The van der Waals surface area contributed by atoms with Crippen LogP contribution in [0.5, 0.6) is 5.75 Å². The number of nitrogens with zero attached hydrogens (tertiary/aromatic N) is 1. The molecule has 0 atom stereocenters. The van der Waals surface area contributed by atoms with Crippen LogP contribution in [0.3, 0.4) is 0 Å². The molecule has 5 heteroatoms. The number of rotatable bonds is 8. The molecule has 0 spiro atoms. The Balaban J connectivity index is 1.59. The van der Waals surface area contributed by atoms with E-state index in [0.29, 0.717) is 23.6 Å². The van der Waals surface area contributed by atoms with Gasteiger partial charge in [-0.25, -0.2) is 4.98 Å². The van der Waals surface area contributed by atoms with Gasteiger partial charge < -0.3 is 15.4 Å². The number of nitrogens with one attached hydrogen (secondary N) is 2. The van der Waals surface area contributed by atoms with Crippen molar-refractivity contribution in [3.63, 3.8) is 0 Å². The molecule has 27 heavy (non-hydrogen) atoms. The third-order valence-electron chi connectivity index (χ3n) is 4.59. The number of hydrogen-bond donors (Lipinski definition) is 2. The second-order valence-electron chi connectivity index (χ2n) is 6.60. The van der Waals surface area contributed by atoms with E-state index >= 15 is 0 Å². The van der Waals surface area contributed by atoms with Gasteiger partial charge in [-0.1, -0.05) is 23.8 Å². The maximum Gasteiger partial charge on any atom is 0.255 e. The van der Waals surface area contributed by atoms with Crippen molar-refractivity contribution < 1.29 is 9.53 Å². The molecule has 2 N–H and O–H groups in total. The first kappa shape index (κ1) is 19.0. The van der Waals surface area contributed by atoms with Gasteiger partial charge in [0.2, 0.25) is 0 Å². The summed E-state index contributed by atoms with van der Waals surface area (Å²) in [5.74, 6) is 1.21. The van der Waals surface area contributed by atoms with Gasteiger partial charge in [0.15, 0.2) is 0 Å². The van der Waals surface area contributed by atoms with Crippen molar-refractivity contribution >= 4 is 17.4 Å². The topological polar surface area (TPSA) is 63.2 Å². The van der Waals surface area contributed by atoms with Gasteiger partial charge in [-0.3, -0.25) is 4.79 Å². The lowest BCUT2D eigenvalue weighted by Gasteiger charge is -2.14. The van der Waals surface area contributed by atoms with Crippen LogP contribution in [0, 0.1) is 0 Å². The molecule has 2 aromatic rings. The van der Waals surface area contributed by atoms with Crippen molar-refractivity contribution in [2.75, 3.05) is 23.8 Å². The number of carbonyl (C=O) groups is 1. The average Bonchev–Trinajstić information content (AvgIpc) is 2.71. The molecular weight excluding hydrogens is 338 g/mol. The van der Waals surface area contributed by atoms with Crippen LogP contribution in [0.15, 0.2) is 54.2 Å². The van der Waals surface area contributed by atoms with Gasteiger partial charge in [0, 0.05) is 18.3 Å². The number of benzene rings is 1. The molecule has 3 rings (SSSR count). The van der Waals surface area contributed by atoms with Crippen LogP contribution >= 0.6 is 0 Å². The zero-order chi connectivity index (χ0) is 18.9. The predicted molar refractivity (Wildman–Crippen MR) is 109 cm³/mol. The summed E-state index contributed by atoms with van der Waals surface area (Å²) in [6.45, 7) is 3.30. The van der Waals surface area contributed by atoms with Crippen LogP contribution in [0.2, 0.25) is 0 Å². The number of para-hydroxylation sites is 2. The van der Waals surface area contributed by atoms with E-state index in [1.165, 1.54) is 31.3 Å². The Morgan fingerprint density at radius 1 is 1.22 bits per heavy atom. The Morgan fingerprint density at radius 3 is 2.93 bits per heavy atom. The highest BCUT2D eigenvalue weighted by Gasteiger charge is 2.11. The van der Waals surface area contributed by atoms with Crippen LogP contribution in [-0.2, 0) is 0 Å². The highest BCUT2D eigenvalue weighted by atomic mass is 16.5. The zero-order valence-electron chi connectivity index (χ0n) is 15.8. The fraction of sp³-hybridized carbons (Fsp3) is 0.364. The summed E-state index contributed by atoms with van der Waals surface area (Å²) in [6.07, 6.45) is 10.1. The monoisotopic (exact) mass is 365 g/mol. The van der Waals surface area contributed by atoms with Gasteiger partial charge in [0.25, 0.3) is 5.91 Å². The number of amides is 1. The summed E-state index contributed by atoms with van der Waals surface area (Å²) >= 11 is 0. The molecule has 1 aromatic heterocycles. The van der Waals surface area contributed by atoms with E-state index in [1.54, 1.807) is 18.3 Å². The lowest BCUT2D eigenvalue weighted by Crippen LogP contribution is -2.14. The van der Waals surface area contributed by atoms with Gasteiger partial charge in [0.1, 0.15) is 11.6 Å². The number of carbonyl (C=O) groups excluding carboxylic acids is 1. The fourth-order valence-corrected chi connectivity index (χ4v) is 3.20. The summed E-state index contributed by atoms with van der Waals surface area (Å²) in [6, 6.07) is 10.9. The molecule has 142 valence electrons. The Kier molecular flexibility index (Phi) is 6.85. The molecule has 0 bridgehead atoms. The van der Waals surface area contributed by atoms with Crippen LogP contribution < -0.4 is 15.4 Å². The first-order valence-electron chi connectivity index (χ1n) is 9.67. The first-order chi connectivity index (χ1) is 13.3. The predicted octanol–water partition coefficient (Wildman–Crippen LogP) is 5.04. The Bertz CT molecular complexity index is 802. The standard InChI is InChI=1S/C22H27N3O2/c1-2-27-20-11-7-6-10-19(20)25-22(26)18-13-15-24-21(16-18)23-14-12-17-8-4-3-5-9-17/h6-8,10-11,13,15-16H,2-5,9,12,14H2,1H3,(H,23,24)(H,25,26). The molecule has 0 radical (unpaired) electrons. The SMILES string of the molecule is CCOc1ccccc1NC(=O)c1ccnc(NCCC2=CCCCC2)c1. The third-order valence-corrected chi connectivity index (χ3v) is 4.59. The number of hydrogen-bond acceptors (Lipinski definition) is 4. The van der Waals surface area contributed by atoms with Gasteiger partial charge >= 0.3 is 0 Å². The molecule has 0 aliphatic heterocycles. The van der Waals surface area contributed by atoms with E-state index in [-0.39, 0.29) is 5.91 Å². The summed E-state index contributed by atoms with van der Waals surface area (Å²) in [5.41, 5.74) is 2.76. The van der Waals surface area contributed by atoms with Gasteiger partial charge in [-0.2, -0.15) is 0 Å². The smallest absolute Gasteiger partial charge is 0.255 e. The second-order valence-corrected chi connectivity index (χ2v) is 6.60. The Morgan fingerprint density at radius 2 is 2.11 bits per heavy atom. The molecule has 0 saturated heterocycles. The van der Waals surface area contributed by atoms with Crippen molar-refractivity contribution in [3.8, 4) is 5.75 Å². The molecule has 0 unspecified atom stereocenters. The van der Waals surface area contributed by atoms with Crippen LogP contribution in [-0.4, -0.2) is 24.0 Å².